The predicted octanol–water partition coefficient (Wildman–Crippen LogP) is 3.14. The van der Waals surface area contributed by atoms with Crippen molar-refractivity contribution in [3.63, 3.8) is 0 Å². The number of rotatable bonds is 3. The first kappa shape index (κ1) is 17.7. The molecule has 0 spiro atoms. The van der Waals surface area contributed by atoms with E-state index in [2.05, 4.69) is 0 Å². The first-order valence-corrected chi connectivity index (χ1v) is 7.82. The summed E-state index contributed by atoms with van der Waals surface area (Å²) in [4.78, 5) is 4.82. The van der Waals surface area contributed by atoms with Gasteiger partial charge in [-0.15, -0.1) is 0 Å². The fourth-order valence-electron chi connectivity index (χ4n) is 2.08. The highest BCUT2D eigenvalue weighted by Crippen LogP contribution is 2.44. The van der Waals surface area contributed by atoms with Crippen LogP contribution in [0.3, 0.4) is 0 Å². The van der Waals surface area contributed by atoms with Gasteiger partial charge in [-0.1, -0.05) is 6.07 Å². The minimum Gasteiger partial charge on any atom is -0.265 e. The van der Waals surface area contributed by atoms with Gasteiger partial charge in [0.15, 0.2) is 10.3 Å². The minimum atomic E-state index is -5.43. The van der Waals surface area contributed by atoms with E-state index in [0.717, 1.165) is 12.1 Å². The molecule has 2 rings (SSSR count). The number of hydrogen-bond acceptors (Lipinski definition) is 4. The van der Waals surface area contributed by atoms with Crippen molar-refractivity contribution in [2.45, 2.75) is 30.9 Å². The lowest BCUT2D eigenvalue weighted by molar-refractivity contribution is -0.132. The molecule has 128 valence electrons. The third-order valence-electron chi connectivity index (χ3n) is 3.07. The topological polar surface area (TPSA) is 55.4 Å². The van der Waals surface area contributed by atoms with Gasteiger partial charge in [0.2, 0.25) is 9.84 Å². The Balaban J connectivity index is 2.67. The molecule has 1 aliphatic rings. The van der Waals surface area contributed by atoms with Crippen LogP contribution in [0.15, 0.2) is 29.3 Å². The summed E-state index contributed by atoms with van der Waals surface area (Å²) in [5.74, 6) is -3.20. The quantitative estimate of drug-likeness (QED) is 0.845. The Morgan fingerprint density at radius 1 is 1.17 bits per heavy atom. The molecule has 1 unspecified atom stereocenters. The Bertz CT molecular complexity index is 735. The van der Waals surface area contributed by atoms with Gasteiger partial charge >= 0.3 is 6.18 Å². The smallest absolute Gasteiger partial charge is 0.265 e. The Morgan fingerprint density at radius 3 is 2.09 bits per heavy atom. The molecule has 0 saturated carbocycles. The van der Waals surface area contributed by atoms with E-state index in [1.165, 1.54) is 13.8 Å². The third kappa shape index (κ3) is 3.32. The van der Waals surface area contributed by atoms with Crippen LogP contribution in [-0.2, 0) is 14.7 Å². The molecule has 0 radical (unpaired) electrons. The van der Waals surface area contributed by atoms with Crippen LogP contribution in [-0.4, -0.2) is 20.2 Å². The second-order valence-corrected chi connectivity index (χ2v) is 7.42. The van der Waals surface area contributed by atoms with Crippen LogP contribution in [0.1, 0.15) is 24.7 Å². The molecule has 1 aromatic rings. The normalized spacial score (nSPS) is 19.2. The van der Waals surface area contributed by atoms with E-state index in [4.69, 9.17) is 4.84 Å². The van der Waals surface area contributed by atoms with E-state index in [1.54, 1.807) is 0 Å². The summed E-state index contributed by atoms with van der Waals surface area (Å²) in [5, 5.41) is -4.29. The first-order valence-electron chi connectivity index (χ1n) is 6.28. The number of alkyl halides is 3. The van der Waals surface area contributed by atoms with Gasteiger partial charge in [-0.25, -0.2) is 17.2 Å². The lowest BCUT2D eigenvalue weighted by Gasteiger charge is -2.22. The van der Waals surface area contributed by atoms with E-state index in [-0.39, 0.29) is 0 Å². The number of hydroxylamine groups is 1. The zero-order valence-electron chi connectivity index (χ0n) is 11.9. The van der Waals surface area contributed by atoms with E-state index >= 15 is 0 Å². The standard InChI is InChI=1S/C13H12F5NO3S/c1-12(2)6-9(19-22-12)23(20,21)11(13(16,17)18)10-7(14)4-3-5-8(10)15/h3-6,11,19H,1-2H3. The average molecular weight is 357 g/mol. The Labute approximate surface area is 128 Å². The van der Waals surface area contributed by atoms with Gasteiger partial charge in [-0.2, -0.15) is 13.2 Å². The zero-order chi connectivity index (χ0) is 17.6. The molecule has 0 aliphatic carbocycles. The number of nitrogens with one attached hydrogen (secondary N) is 1. The van der Waals surface area contributed by atoms with Gasteiger partial charge < -0.3 is 0 Å². The van der Waals surface area contributed by atoms with Crippen molar-refractivity contribution in [2.75, 3.05) is 0 Å². The van der Waals surface area contributed by atoms with Gasteiger partial charge in [0.05, 0.1) is 5.56 Å². The fraction of sp³-hybridized carbons (Fsp3) is 0.385. The Morgan fingerprint density at radius 2 is 1.70 bits per heavy atom. The number of sulfone groups is 1. The second kappa shape index (κ2) is 5.45. The zero-order valence-corrected chi connectivity index (χ0v) is 12.7. The molecule has 1 heterocycles. The van der Waals surface area contributed by atoms with Crippen LogP contribution >= 0.6 is 0 Å². The summed E-state index contributed by atoms with van der Waals surface area (Å²) < 4.78 is 92.0. The van der Waals surface area contributed by atoms with Crippen LogP contribution in [0, 0.1) is 11.6 Å². The van der Waals surface area contributed by atoms with Crippen LogP contribution in [0.25, 0.3) is 0 Å². The maximum absolute atomic E-state index is 13.7. The molecule has 0 fully saturated rings. The molecule has 10 heteroatoms. The van der Waals surface area contributed by atoms with Crippen molar-refractivity contribution in [3.8, 4) is 0 Å². The summed E-state index contributed by atoms with van der Waals surface area (Å²) in [6.07, 6.45) is -4.53. The van der Waals surface area contributed by atoms with Crippen LogP contribution in [0.5, 0.6) is 0 Å². The average Bonchev–Trinajstić information content (AvgIpc) is 2.73. The SMILES string of the molecule is CC1(C)C=C(S(=O)(=O)C(c2c(F)cccc2F)C(F)(F)F)NO1. The van der Waals surface area contributed by atoms with E-state index in [9.17, 15) is 30.4 Å². The molecule has 1 aromatic carbocycles. The third-order valence-corrected chi connectivity index (χ3v) is 5.01. The second-order valence-electron chi connectivity index (χ2n) is 5.42. The van der Waals surface area contributed by atoms with Crippen LogP contribution in [0.4, 0.5) is 22.0 Å². The number of hydrogen-bond donors (Lipinski definition) is 1. The molecular weight excluding hydrogens is 345 g/mol. The Hall–Kier alpha value is -1.68. The van der Waals surface area contributed by atoms with E-state index in [1.807, 2.05) is 5.48 Å². The highest BCUT2D eigenvalue weighted by atomic mass is 32.2. The number of halogens is 5. The lowest BCUT2D eigenvalue weighted by atomic mass is 10.1. The Kier molecular flexibility index (Phi) is 4.18. The van der Waals surface area contributed by atoms with Crippen molar-refractivity contribution >= 4 is 9.84 Å². The highest BCUT2D eigenvalue weighted by Gasteiger charge is 2.54. The minimum absolute atomic E-state index is 0.559. The maximum atomic E-state index is 13.7. The van der Waals surface area contributed by atoms with Crippen molar-refractivity contribution < 1.29 is 35.2 Å². The van der Waals surface area contributed by atoms with Gasteiger partial charge in [0.1, 0.15) is 17.2 Å². The molecule has 0 saturated heterocycles. The van der Waals surface area contributed by atoms with Gasteiger partial charge in [-0.05, 0) is 32.1 Å². The largest absolute Gasteiger partial charge is 0.410 e. The van der Waals surface area contributed by atoms with Crippen molar-refractivity contribution in [1.29, 1.82) is 0 Å². The number of benzene rings is 1. The molecule has 4 nitrogen and oxygen atoms in total. The maximum Gasteiger partial charge on any atom is 0.410 e. The molecule has 1 atom stereocenters. The molecular formula is C13H12F5NO3S. The van der Waals surface area contributed by atoms with Gasteiger partial charge in [0, 0.05) is 0 Å². The van der Waals surface area contributed by atoms with Gasteiger partial charge in [-0.3, -0.25) is 10.3 Å². The van der Waals surface area contributed by atoms with Crippen LogP contribution in [0.2, 0.25) is 0 Å². The molecule has 1 N–H and O–H groups in total. The van der Waals surface area contributed by atoms with E-state index < -0.39 is 49.1 Å². The van der Waals surface area contributed by atoms with Gasteiger partial charge in [0.25, 0.3) is 0 Å². The summed E-state index contributed by atoms with van der Waals surface area (Å²) in [6.45, 7) is 2.80. The molecule has 1 aliphatic heterocycles. The summed E-state index contributed by atoms with van der Waals surface area (Å²) in [5.41, 5.74) is -0.888. The molecule has 23 heavy (non-hydrogen) atoms. The van der Waals surface area contributed by atoms with E-state index in [0.29, 0.717) is 12.1 Å². The fourth-order valence-corrected chi connectivity index (χ4v) is 3.83. The van der Waals surface area contributed by atoms with Crippen molar-refractivity contribution in [1.82, 2.24) is 5.48 Å². The lowest BCUT2D eigenvalue weighted by Crippen LogP contribution is -2.33. The molecule has 0 amide bonds. The predicted molar refractivity (Wildman–Crippen MR) is 70.5 cm³/mol. The molecule has 0 bridgehead atoms. The summed E-state index contributed by atoms with van der Waals surface area (Å²) in [6, 6.07) is 1.96. The van der Waals surface area contributed by atoms with Crippen LogP contribution < -0.4 is 5.48 Å². The summed E-state index contributed by atoms with van der Waals surface area (Å²) in [7, 11) is -5.21. The monoisotopic (exact) mass is 357 g/mol. The summed E-state index contributed by atoms with van der Waals surface area (Å²) >= 11 is 0. The highest BCUT2D eigenvalue weighted by molar-refractivity contribution is 7.95. The molecule has 0 aromatic heterocycles. The van der Waals surface area contributed by atoms with Crippen molar-refractivity contribution in [2.24, 2.45) is 0 Å². The first-order chi connectivity index (χ1) is 10.4. The van der Waals surface area contributed by atoms with Crippen molar-refractivity contribution in [3.05, 3.63) is 46.5 Å².